The Labute approximate surface area is 152 Å². The van der Waals surface area contributed by atoms with Gasteiger partial charge in [0.2, 0.25) is 10.0 Å². The van der Waals surface area contributed by atoms with Crippen LogP contribution in [0.3, 0.4) is 0 Å². The first-order chi connectivity index (χ1) is 11.0. The van der Waals surface area contributed by atoms with Crippen LogP contribution in [0.4, 0.5) is 4.39 Å². The molecule has 1 atom stereocenters. The number of hydrogen-bond acceptors (Lipinski definition) is 3. The first-order valence-electron chi connectivity index (χ1n) is 7.22. The Morgan fingerprint density at radius 1 is 1.17 bits per heavy atom. The van der Waals surface area contributed by atoms with Crippen LogP contribution < -0.4 is 5.32 Å². The van der Waals surface area contributed by atoms with Crippen molar-refractivity contribution >= 4 is 34.0 Å². The van der Waals surface area contributed by atoms with Crippen LogP contribution in [0.1, 0.15) is 11.6 Å². The molecule has 0 aliphatic carbocycles. The summed E-state index contributed by atoms with van der Waals surface area (Å²) in [5, 5.41) is 3.53. The summed E-state index contributed by atoms with van der Waals surface area (Å²) in [6.45, 7) is 1.30. The molecule has 0 amide bonds. The van der Waals surface area contributed by atoms with E-state index in [9.17, 15) is 12.8 Å². The molecule has 1 saturated heterocycles. The van der Waals surface area contributed by atoms with Gasteiger partial charge in [-0.05, 0) is 35.9 Å². The summed E-state index contributed by atoms with van der Waals surface area (Å²) < 4.78 is 40.8. The van der Waals surface area contributed by atoms with Crippen LogP contribution in [-0.2, 0) is 10.0 Å². The summed E-state index contributed by atoms with van der Waals surface area (Å²) in [4.78, 5) is 0.147. The molecule has 2 aromatic rings. The number of sulfonamides is 1. The van der Waals surface area contributed by atoms with E-state index in [1.54, 1.807) is 24.3 Å². The summed E-state index contributed by atoms with van der Waals surface area (Å²) >= 11 is 5.92. The molecule has 1 heterocycles. The average Bonchev–Trinajstić information content (AvgIpc) is 2.55. The fourth-order valence-corrected chi connectivity index (χ4v) is 4.65. The lowest BCUT2D eigenvalue weighted by molar-refractivity contribution is 0.271. The first-order valence-corrected chi connectivity index (χ1v) is 9.04. The molecule has 24 heavy (non-hydrogen) atoms. The number of piperazine rings is 1. The zero-order valence-corrected chi connectivity index (χ0v) is 15.0. The highest BCUT2D eigenvalue weighted by molar-refractivity contribution is 7.89. The zero-order valence-electron chi connectivity index (χ0n) is 12.7. The maximum atomic E-state index is 13.5. The Balaban J connectivity index is 0.00000208. The van der Waals surface area contributed by atoms with Crippen molar-refractivity contribution < 1.29 is 12.8 Å². The van der Waals surface area contributed by atoms with Crippen LogP contribution in [0.2, 0.25) is 5.02 Å². The molecule has 1 aliphatic rings. The van der Waals surface area contributed by atoms with Crippen molar-refractivity contribution in [3.05, 3.63) is 64.9 Å². The molecular formula is C16H17Cl2FN2O2S. The predicted octanol–water partition coefficient (Wildman–Crippen LogP) is 3.24. The van der Waals surface area contributed by atoms with Crippen LogP contribution in [0.15, 0.2) is 53.4 Å². The molecule has 0 radical (unpaired) electrons. The SMILES string of the molecule is Cl.O=S(=O)(c1cccc(Cl)c1)N1CCNCC1c1cccc(F)c1. The molecule has 0 saturated carbocycles. The number of nitrogens with zero attached hydrogens (tertiary/aromatic N) is 1. The van der Waals surface area contributed by atoms with Crippen molar-refractivity contribution in [2.45, 2.75) is 10.9 Å². The molecule has 1 N–H and O–H groups in total. The summed E-state index contributed by atoms with van der Waals surface area (Å²) in [6, 6.07) is 11.8. The van der Waals surface area contributed by atoms with Gasteiger partial charge in [0.05, 0.1) is 10.9 Å². The quantitative estimate of drug-likeness (QED) is 0.874. The van der Waals surface area contributed by atoms with Gasteiger partial charge in [-0.3, -0.25) is 0 Å². The van der Waals surface area contributed by atoms with E-state index in [1.165, 1.54) is 28.6 Å². The number of benzene rings is 2. The third kappa shape index (κ3) is 3.90. The van der Waals surface area contributed by atoms with Gasteiger partial charge in [-0.1, -0.05) is 29.8 Å². The van der Waals surface area contributed by atoms with Crippen molar-refractivity contribution in [3.8, 4) is 0 Å². The number of halogens is 3. The van der Waals surface area contributed by atoms with Gasteiger partial charge >= 0.3 is 0 Å². The molecule has 1 aliphatic heterocycles. The Morgan fingerprint density at radius 3 is 2.62 bits per heavy atom. The van der Waals surface area contributed by atoms with Crippen molar-refractivity contribution in [2.24, 2.45) is 0 Å². The summed E-state index contributed by atoms with van der Waals surface area (Å²) in [5.41, 5.74) is 0.628. The highest BCUT2D eigenvalue weighted by atomic mass is 35.5. The number of rotatable bonds is 3. The second-order valence-electron chi connectivity index (χ2n) is 5.35. The molecule has 4 nitrogen and oxygen atoms in total. The van der Waals surface area contributed by atoms with Crippen LogP contribution in [0.5, 0.6) is 0 Å². The largest absolute Gasteiger partial charge is 0.313 e. The minimum Gasteiger partial charge on any atom is -0.313 e. The summed E-state index contributed by atoms with van der Waals surface area (Å²) in [7, 11) is -3.71. The maximum absolute atomic E-state index is 13.5. The number of nitrogens with one attached hydrogen (secondary N) is 1. The van der Waals surface area contributed by atoms with E-state index >= 15 is 0 Å². The van der Waals surface area contributed by atoms with Crippen LogP contribution in [-0.4, -0.2) is 32.4 Å². The van der Waals surface area contributed by atoms with Gasteiger partial charge in [0, 0.05) is 24.7 Å². The second-order valence-corrected chi connectivity index (χ2v) is 7.68. The highest BCUT2D eigenvalue weighted by Gasteiger charge is 2.34. The maximum Gasteiger partial charge on any atom is 0.243 e. The molecule has 2 aromatic carbocycles. The van der Waals surface area contributed by atoms with Crippen molar-refractivity contribution in [2.75, 3.05) is 19.6 Å². The topological polar surface area (TPSA) is 49.4 Å². The third-order valence-corrected chi connectivity index (χ3v) is 5.97. The van der Waals surface area contributed by atoms with Crippen LogP contribution >= 0.6 is 24.0 Å². The van der Waals surface area contributed by atoms with E-state index in [2.05, 4.69) is 5.32 Å². The molecular weight excluding hydrogens is 374 g/mol. The van der Waals surface area contributed by atoms with Crippen LogP contribution in [0, 0.1) is 5.82 Å². The Hall–Kier alpha value is -1.18. The number of hydrogen-bond donors (Lipinski definition) is 1. The average molecular weight is 391 g/mol. The zero-order chi connectivity index (χ0) is 16.4. The van der Waals surface area contributed by atoms with Crippen LogP contribution in [0.25, 0.3) is 0 Å². The predicted molar refractivity (Wildman–Crippen MR) is 94.6 cm³/mol. The highest BCUT2D eigenvalue weighted by Crippen LogP contribution is 2.30. The normalized spacial score (nSPS) is 18.8. The van der Waals surface area contributed by atoms with Gasteiger partial charge < -0.3 is 5.32 Å². The van der Waals surface area contributed by atoms with E-state index in [0.717, 1.165) is 0 Å². The summed E-state index contributed by atoms with van der Waals surface area (Å²) in [6.07, 6.45) is 0. The molecule has 3 rings (SSSR count). The Morgan fingerprint density at radius 2 is 1.92 bits per heavy atom. The van der Waals surface area contributed by atoms with Crippen molar-refractivity contribution in [1.29, 1.82) is 0 Å². The Kier molecular flexibility index (Phi) is 6.22. The molecule has 0 aromatic heterocycles. The van der Waals surface area contributed by atoms with E-state index < -0.39 is 16.1 Å². The molecule has 8 heteroatoms. The van der Waals surface area contributed by atoms with E-state index in [0.29, 0.717) is 30.2 Å². The molecule has 1 fully saturated rings. The van der Waals surface area contributed by atoms with Crippen molar-refractivity contribution in [1.82, 2.24) is 9.62 Å². The molecule has 1 unspecified atom stereocenters. The minimum atomic E-state index is -3.71. The van der Waals surface area contributed by atoms with E-state index in [4.69, 9.17) is 11.6 Å². The fourth-order valence-electron chi connectivity index (χ4n) is 2.73. The van der Waals surface area contributed by atoms with Gasteiger partial charge in [-0.2, -0.15) is 4.31 Å². The first kappa shape index (κ1) is 19.1. The lowest BCUT2D eigenvalue weighted by Gasteiger charge is -2.35. The van der Waals surface area contributed by atoms with Gasteiger partial charge in [-0.15, -0.1) is 12.4 Å². The third-order valence-electron chi connectivity index (χ3n) is 3.83. The van der Waals surface area contributed by atoms with Gasteiger partial charge in [0.1, 0.15) is 5.82 Å². The summed E-state index contributed by atoms with van der Waals surface area (Å²) in [5.74, 6) is -0.381. The Bertz CT molecular complexity index is 817. The van der Waals surface area contributed by atoms with Gasteiger partial charge in [0.25, 0.3) is 0 Å². The monoisotopic (exact) mass is 390 g/mol. The van der Waals surface area contributed by atoms with Crippen molar-refractivity contribution in [3.63, 3.8) is 0 Å². The smallest absolute Gasteiger partial charge is 0.243 e. The molecule has 0 spiro atoms. The lowest BCUT2D eigenvalue weighted by Crippen LogP contribution is -2.48. The minimum absolute atomic E-state index is 0. The second kappa shape index (κ2) is 7.80. The molecule has 130 valence electrons. The fraction of sp³-hybridized carbons (Fsp3) is 0.250. The lowest BCUT2D eigenvalue weighted by atomic mass is 10.1. The van der Waals surface area contributed by atoms with E-state index in [1.807, 2.05) is 0 Å². The van der Waals surface area contributed by atoms with Gasteiger partial charge in [-0.25, -0.2) is 12.8 Å². The van der Waals surface area contributed by atoms with E-state index in [-0.39, 0.29) is 23.1 Å². The standard InChI is InChI=1S/C16H16ClFN2O2S.ClH/c17-13-4-2-6-15(10-13)23(21,22)20-8-7-19-11-16(20)12-3-1-5-14(18)9-12;/h1-6,9-10,16,19H,7-8,11H2;1H. The molecule has 0 bridgehead atoms. The van der Waals surface area contributed by atoms with Gasteiger partial charge in [0.15, 0.2) is 0 Å².